The summed E-state index contributed by atoms with van der Waals surface area (Å²) in [5.74, 6) is 0. The second-order valence-electron chi connectivity index (χ2n) is 1.92. The fourth-order valence-electron chi connectivity index (χ4n) is 0.546. The molecule has 0 aliphatic carbocycles. The zero-order chi connectivity index (χ0) is 9.07. The standard InChI is InChI=1S/C4H10N2O4S/c1-2-3(6-4(5)7)11(8,9)10/h3H,2H2,1H3,(H3,5,6,7)(H,8,9,10). The van der Waals surface area contributed by atoms with Crippen molar-refractivity contribution in [3.8, 4) is 0 Å². The molecule has 4 N–H and O–H groups in total. The SMILES string of the molecule is CCC(NC(N)=O)S(=O)(=O)O. The van der Waals surface area contributed by atoms with Crippen LogP contribution in [0.15, 0.2) is 0 Å². The molecule has 2 amide bonds. The summed E-state index contributed by atoms with van der Waals surface area (Å²) >= 11 is 0. The molecule has 6 nitrogen and oxygen atoms in total. The zero-order valence-corrected chi connectivity index (χ0v) is 6.76. The number of hydrogen-bond donors (Lipinski definition) is 3. The highest BCUT2D eigenvalue weighted by molar-refractivity contribution is 7.86. The number of nitrogens with two attached hydrogens (primary N) is 1. The number of hydrogen-bond acceptors (Lipinski definition) is 3. The Bertz CT molecular complexity index is 234. The molecule has 0 fully saturated rings. The summed E-state index contributed by atoms with van der Waals surface area (Å²) < 4.78 is 29.2. The van der Waals surface area contributed by atoms with Crippen LogP contribution >= 0.6 is 0 Å². The second-order valence-corrected chi connectivity index (χ2v) is 3.52. The van der Waals surface area contributed by atoms with E-state index in [9.17, 15) is 13.2 Å². The van der Waals surface area contributed by atoms with E-state index in [-0.39, 0.29) is 6.42 Å². The minimum absolute atomic E-state index is 0.0712. The van der Waals surface area contributed by atoms with E-state index < -0.39 is 21.5 Å². The summed E-state index contributed by atoms with van der Waals surface area (Å²) in [6, 6.07) is -0.977. The first-order valence-corrected chi connectivity index (χ1v) is 4.40. The third-order valence-corrected chi connectivity index (χ3v) is 2.20. The van der Waals surface area contributed by atoms with Gasteiger partial charge in [-0.05, 0) is 6.42 Å². The zero-order valence-electron chi connectivity index (χ0n) is 5.94. The van der Waals surface area contributed by atoms with Gasteiger partial charge < -0.3 is 11.1 Å². The Kier molecular flexibility index (Phi) is 3.27. The van der Waals surface area contributed by atoms with E-state index in [2.05, 4.69) is 5.73 Å². The highest BCUT2D eigenvalue weighted by Crippen LogP contribution is 1.98. The van der Waals surface area contributed by atoms with Crippen LogP contribution in [-0.2, 0) is 10.1 Å². The Morgan fingerprint density at radius 2 is 2.18 bits per heavy atom. The molecule has 0 aromatic heterocycles. The first-order chi connectivity index (χ1) is 4.88. The van der Waals surface area contributed by atoms with Gasteiger partial charge in [-0.2, -0.15) is 8.42 Å². The van der Waals surface area contributed by atoms with E-state index in [0.717, 1.165) is 0 Å². The monoisotopic (exact) mass is 182 g/mol. The van der Waals surface area contributed by atoms with Gasteiger partial charge in [0.1, 0.15) is 0 Å². The Balaban J connectivity index is 4.31. The summed E-state index contributed by atoms with van der Waals surface area (Å²) in [7, 11) is -4.22. The predicted octanol–water partition coefficient (Wildman–Crippen LogP) is -0.721. The van der Waals surface area contributed by atoms with Crippen molar-refractivity contribution in [1.29, 1.82) is 0 Å². The minimum Gasteiger partial charge on any atom is -0.352 e. The van der Waals surface area contributed by atoms with Crippen LogP contribution in [0.2, 0.25) is 0 Å². The van der Waals surface area contributed by atoms with Crippen LogP contribution in [0, 0.1) is 0 Å². The molecule has 0 spiro atoms. The van der Waals surface area contributed by atoms with E-state index in [1.54, 1.807) is 0 Å². The topological polar surface area (TPSA) is 109 Å². The lowest BCUT2D eigenvalue weighted by Gasteiger charge is -2.10. The second kappa shape index (κ2) is 3.54. The van der Waals surface area contributed by atoms with Gasteiger partial charge in [-0.1, -0.05) is 6.92 Å². The molecule has 11 heavy (non-hydrogen) atoms. The minimum atomic E-state index is -4.22. The van der Waals surface area contributed by atoms with E-state index in [1.165, 1.54) is 6.92 Å². The van der Waals surface area contributed by atoms with Gasteiger partial charge in [0, 0.05) is 0 Å². The number of rotatable bonds is 3. The molecule has 0 saturated heterocycles. The molecule has 0 heterocycles. The molecule has 0 radical (unpaired) electrons. The predicted molar refractivity (Wildman–Crippen MR) is 38.3 cm³/mol. The fraction of sp³-hybridized carbons (Fsp3) is 0.750. The number of amides is 2. The smallest absolute Gasteiger partial charge is 0.313 e. The van der Waals surface area contributed by atoms with Crippen LogP contribution in [0.4, 0.5) is 4.79 Å². The molecule has 66 valence electrons. The fourth-order valence-corrected chi connectivity index (χ4v) is 1.23. The summed E-state index contributed by atoms with van der Waals surface area (Å²) in [5, 5.41) is 0.565. The van der Waals surface area contributed by atoms with E-state index >= 15 is 0 Å². The quantitative estimate of drug-likeness (QED) is 0.500. The van der Waals surface area contributed by atoms with Crippen molar-refractivity contribution in [2.45, 2.75) is 18.7 Å². The Hall–Kier alpha value is -0.820. The van der Waals surface area contributed by atoms with Crippen LogP contribution in [0.5, 0.6) is 0 Å². The highest BCUT2D eigenvalue weighted by atomic mass is 32.2. The first kappa shape index (κ1) is 10.2. The molecule has 0 aromatic rings. The van der Waals surface area contributed by atoms with Crippen molar-refractivity contribution < 1.29 is 17.8 Å². The Morgan fingerprint density at radius 1 is 1.73 bits per heavy atom. The maximum absolute atomic E-state index is 10.4. The van der Waals surface area contributed by atoms with E-state index in [0.29, 0.717) is 0 Å². The lowest BCUT2D eigenvalue weighted by atomic mass is 10.5. The van der Waals surface area contributed by atoms with Gasteiger partial charge in [0.25, 0.3) is 10.1 Å². The van der Waals surface area contributed by atoms with E-state index in [1.807, 2.05) is 5.32 Å². The normalized spacial score (nSPS) is 14.0. The number of carbonyl (C=O) groups is 1. The molecule has 1 atom stereocenters. The summed E-state index contributed by atoms with van der Waals surface area (Å²) in [5.41, 5.74) is 4.64. The number of nitrogens with one attached hydrogen (secondary N) is 1. The van der Waals surface area contributed by atoms with Crippen LogP contribution in [0.25, 0.3) is 0 Å². The molecule has 0 aliphatic rings. The van der Waals surface area contributed by atoms with Crippen molar-refractivity contribution >= 4 is 16.1 Å². The summed E-state index contributed by atoms with van der Waals surface area (Å²) in [6.45, 7) is 1.49. The number of carbonyl (C=O) groups excluding carboxylic acids is 1. The third-order valence-electron chi connectivity index (χ3n) is 1.03. The Labute approximate surface area is 64.5 Å². The van der Waals surface area contributed by atoms with Gasteiger partial charge in [-0.15, -0.1) is 0 Å². The molecule has 1 unspecified atom stereocenters. The van der Waals surface area contributed by atoms with Gasteiger partial charge >= 0.3 is 6.03 Å². The molecule has 0 saturated carbocycles. The van der Waals surface area contributed by atoms with Crippen LogP contribution in [-0.4, -0.2) is 24.4 Å². The largest absolute Gasteiger partial charge is 0.352 e. The molecular formula is C4H10N2O4S. The lowest BCUT2D eigenvalue weighted by molar-refractivity contribution is 0.247. The van der Waals surface area contributed by atoms with Crippen LogP contribution in [0.1, 0.15) is 13.3 Å². The highest BCUT2D eigenvalue weighted by Gasteiger charge is 2.21. The molecule has 0 rings (SSSR count). The summed E-state index contributed by atoms with van der Waals surface area (Å²) in [4.78, 5) is 10.2. The van der Waals surface area contributed by atoms with Crippen molar-refractivity contribution in [2.75, 3.05) is 0 Å². The average molecular weight is 182 g/mol. The summed E-state index contributed by atoms with van der Waals surface area (Å²) in [6.07, 6.45) is 0.0712. The number of urea groups is 1. The molecule has 0 aromatic carbocycles. The van der Waals surface area contributed by atoms with Crippen molar-refractivity contribution in [2.24, 2.45) is 5.73 Å². The maximum atomic E-state index is 10.4. The van der Waals surface area contributed by atoms with Gasteiger partial charge in [0.05, 0.1) is 0 Å². The van der Waals surface area contributed by atoms with Crippen LogP contribution < -0.4 is 11.1 Å². The maximum Gasteiger partial charge on any atom is 0.313 e. The van der Waals surface area contributed by atoms with Gasteiger partial charge in [0.15, 0.2) is 5.37 Å². The van der Waals surface area contributed by atoms with Crippen molar-refractivity contribution in [3.05, 3.63) is 0 Å². The average Bonchev–Trinajstić information content (AvgIpc) is 1.79. The number of primary amides is 1. The van der Waals surface area contributed by atoms with Crippen molar-refractivity contribution in [1.82, 2.24) is 5.32 Å². The lowest BCUT2D eigenvalue weighted by Crippen LogP contribution is -2.42. The first-order valence-electron chi connectivity index (χ1n) is 2.90. The van der Waals surface area contributed by atoms with Crippen LogP contribution in [0.3, 0.4) is 0 Å². The van der Waals surface area contributed by atoms with Crippen molar-refractivity contribution in [3.63, 3.8) is 0 Å². The molecular weight excluding hydrogens is 172 g/mol. The third kappa shape index (κ3) is 3.79. The molecule has 0 aliphatic heterocycles. The van der Waals surface area contributed by atoms with Gasteiger partial charge in [-0.3, -0.25) is 4.55 Å². The van der Waals surface area contributed by atoms with Gasteiger partial charge in [-0.25, -0.2) is 4.79 Å². The van der Waals surface area contributed by atoms with E-state index in [4.69, 9.17) is 4.55 Å². The van der Waals surface area contributed by atoms with Gasteiger partial charge in [0.2, 0.25) is 0 Å². The Morgan fingerprint density at radius 3 is 2.27 bits per heavy atom. The molecule has 7 heteroatoms. The molecule has 0 bridgehead atoms.